The van der Waals surface area contributed by atoms with Gasteiger partial charge >= 0.3 is 5.69 Å². The van der Waals surface area contributed by atoms with E-state index in [0.29, 0.717) is 25.2 Å². The lowest BCUT2D eigenvalue weighted by molar-refractivity contribution is -0.126. The van der Waals surface area contributed by atoms with E-state index in [1.807, 2.05) is 11.8 Å². The second-order valence-corrected chi connectivity index (χ2v) is 13.0. The first-order chi connectivity index (χ1) is 21.0. The summed E-state index contributed by atoms with van der Waals surface area (Å²) in [7, 11) is -3.94. The van der Waals surface area contributed by atoms with Crippen molar-refractivity contribution in [2.75, 3.05) is 36.5 Å². The third-order valence-electron chi connectivity index (χ3n) is 8.19. The molecule has 2 aliphatic rings. The highest BCUT2D eigenvalue weighted by Gasteiger charge is 2.33. The van der Waals surface area contributed by atoms with Crippen molar-refractivity contribution in [3.8, 4) is 17.1 Å². The summed E-state index contributed by atoms with van der Waals surface area (Å²) >= 11 is 0. The number of pyridine rings is 2. The van der Waals surface area contributed by atoms with Gasteiger partial charge in [0.1, 0.15) is 23.5 Å². The summed E-state index contributed by atoms with van der Waals surface area (Å²) in [5.74, 6) is -0.859. The molecule has 1 saturated heterocycles. The molecule has 2 N–H and O–H groups in total. The van der Waals surface area contributed by atoms with Gasteiger partial charge in [-0.25, -0.2) is 42.1 Å². The average Bonchev–Trinajstić information content (AvgIpc) is 2.95. The molecule has 228 valence electrons. The number of nitrogens with zero attached hydrogens (tertiary/aromatic N) is 8. The van der Waals surface area contributed by atoms with Crippen LogP contribution in [0.3, 0.4) is 0 Å². The molecule has 1 atom stereocenters. The van der Waals surface area contributed by atoms with Crippen molar-refractivity contribution >= 4 is 38.3 Å². The Morgan fingerprint density at radius 1 is 1.18 bits per heavy atom. The Hall–Kier alpha value is -4.79. The van der Waals surface area contributed by atoms with E-state index in [2.05, 4.69) is 31.5 Å². The number of hydrogen-bond acceptors (Lipinski definition) is 11. The lowest BCUT2D eigenvalue weighted by atomic mass is 9.79. The zero-order valence-electron chi connectivity index (χ0n) is 24.1. The second-order valence-electron chi connectivity index (χ2n) is 11.1. The lowest BCUT2D eigenvalue weighted by Crippen LogP contribution is -2.54. The third-order valence-corrected chi connectivity index (χ3v) is 9.20. The number of halogens is 1. The first-order valence-electron chi connectivity index (χ1n) is 14.1. The maximum atomic E-state index is 15.9. The number of anilines is 2. The van der Waals surface area contributed by atoms with Gasteiger partial charge < -0.3 is 15.5 Å². The van der Waals surface area contributed by atoms with Gasteiger partial charge in [-0.15, -0.1) is 0 Å². The van der Waals surface area contributed by atoms with Crippen LogP contribution in [0.1, 0.15) is 37.7 Å². The zero-order chi connectivity index (χ0) is 31.3. The molecule has 0 bridgehead atoms. The molecule has 0 radical (unpaired) electrons. The van der Waals surface area contributed by atoms with Gasteiger partial charge in [-0.3, -0.25) is 4.79 Å². The van der Waals surface area contributed by atoms with E-state index in [1.165, 1.54) is 30.9 Å². The molecule has 6 rings (SSSR count). The van der Waals surface area contributed by atoms with Crippen LogP contribution in [0.4, 0.5) is 15.9 Å². The predicted molar refractivity (Wildman–Crippen MR) is 162 cm³/mol. The van der Waals surface area contributed by atoms with Gasteiger partial charge in [0.25, 0.3) is 0 Å². The van der Waals surface area contributed by atoms with Crippen LogP contribution in [-0.2, 0) is 14.6 Å². The van der Waals surface area contributed by atoms with Crippen LogP contribution in [0.2, 0.25) is 0 Å². The molecule has 0 aromatic carbocycles. The van der Waals surface area contributed by atoms with Crippen LogP contribution < -0.4 is 16.3 Å². The smallest absolute Gasteiger partial charge is 0.355 e. The fourth-order valence-corrected chi connectivity index (χ4v) is 6.64. The number of carbonyl (C=O) groups excluding carboxylic acids is 1. The quantitative estimate of drug-likeness (QED) is 0.314. The number of nitrogen functional groups attached to an aromatic ring is 1. The number of sulfone groups is 1. The van der Waals surface area contributed by atoms with Gasteiger partial charge in [0.15, 0.2) is 26.3 Å². The number of fused-ring (bicyclic) bond motifs is 1. The Labute approximate surface area is 252 Å². The zero-order valence-corrected chi connectivity index (χ0v) is 25.0. The Morgan fingerprint density at radius 2 is 1.95 bits per heavy atom. The maximum Gasteiger partial charge on any atom is 0.355 e. The predicted octanol–water partition coefficient (Wildman–Crippen LogP) is 2.25. The standard InChI is InChI=1S/C29H30FN9O4S/c1-4-22(40)37-10-11-38(16(2)14-37)26-19-12-20(30)23(24-21(31)13-32-15-34-24)35-27(19)39(29(41)36-26)25-18(17-6-5-7-17)8-9-33-28(25)44(3,42)43/h4,8-9,12-13,15-17H,1,5-7,10-11,14,31H2,2-3H3/t16-/m0/s1. The molecule has 0 unspecified atom stereocenters. The van der Waals surface area contributed by atoms with E-state index in [9.17, 15) is 18.0 Å². The first kappa shape index (κ1) is 29.3. The van der Waals surface area contributed by atoms with Crippen LogP contribution in [0.25, 0.3) is 28.1 Å². The number of aromatic nitrogens is 6. The van der Waals surface area contributed by atoms with Gasteiger partial charge in [0.2, 0.25) is 5.91 Å². The number of rotatable bonds is 6. The molecule has 4 aromatic rings. The van der Waals surface area contributed by atoms with Crippen molar-refractivity contribution in [1.29, 1.82) is 0 Å². The van der Waals surface area contributed by atoms with Gasteiger partial charge in [0.05, 0.1) is 23.0 Å². The summed E-state index contributed by atoms with van der Waals surface area (Å²) in [6.45, 7) is 6.34. The van der Waals surface area contributed by atoms with E-state index in [4.69, 9.17) is 5.73 Å². The summed E-state index contributed by atoms with van der Waals surface area (Å²) in [6.07, 6.45) is 8.73. The minimum atomic E-state index is -3.94. The number of nitrogens with two attached hydrogens (primary N) is 1. The van der Waals surface area contributed by atoms with Crippen molar-refractivity contribution in [2.45, 2.75) is 43.2 Å². The SMILES string of the molecule is C=CC(=O)N1CCN(c2nc(=O)n(-c3c(C4CCC4)ccnc3S(C)(=O)=O)c3nc(-c4ncncc4N)c(F)cc23)[C@@H](C)C1. The van der Waals surface area contributed by atoms with Gasteiger partial charge in [0, 0.05) is 38.1 Å². The molecule has 13 nitrogen and oxygen atoms in total. The van der Waals surface area contributed by atoms with Gasteiger partial charge in [-0.1, -0.05) is 13.0 Å². The van der Waals surface area contributed by atoms with E-state index in [0.717, 1.165) is 30.1 Å². The molecule has 1 aliphatic heterocycles. The third kappa shape index (κ3) is 4.96. The molecule has 44 heavy (non-hydrogen) atoms. The molecule has 1 amide bonds. The van der Waals surface area contributed by atoms with Crippen molar-refractivity contribution in [1.82, 2.24) is 34.4 Å². The van der Waals surface area contributed by atoms with E-state index in [1.54, 1.807) is 11.0 Å². The molecule has 5 heterocycles. The first-order valence-corrected chi connectivity index (χ1v) is 15.9. The summed E-state index contributed by atoms with van der Waals surface area (Å²) < 4.78 is 43.1. The molecular formula is C29H30FN9O4S. The highest BCUT2D eigenvalue weighted by atomic mass is 32.2. The van der Waals surface area contributed by atoms with Crippen molar-refractivity contribution < 1.29 is 17.6 Å². The fraction of sp³-hybridized carbons (Fsp3) is 0.345. The van der Waals surface area contributed by atoms with Crippen LogP contribution in [0, 0.1) is 5.82 Å². The maximum absolute atomic E-state index is 15.9. The minimum Gasteiger partial charge on any atom is -0.396 e. The molecule has 1 saturated carbocycles. The Kier molecular flexibility index (Phi) is 7.35. The van der Waals surface area contributed by atoms with E-state index >= 15 is 4.39 Å². The Balaban J connectivity index is 1.67. The topological polar surface area (TPSA) is 170 Å². The number of piperazine rings is 1. The molecule has 0 spiro atoms. The van der Waals surface area contributed by atoms with Crippen LogP contribution in [0.5, 0.6) is 0 Å². The summed E-state index contributed by atoms with van der Waals surface area (Å²) in [4.78, 5) is 51.0. The summed E-state index contributed by atoms with van der Waals surface area (Å²) in [6, 6.07) is 2.59. The highest BCUT2D eigenvalue weighted by molar-refractivity contribution is 7.90. The average molecular weight is 620 g/mol. The van der Waals surface area contributed by atoms with Crippen molar-refractivity contribution in [3.05, 3.63) is 65.4 Å². The van der Waals surface area contributed by atoms with Crippen LogP contribution in [-0.4, -0.2) is 80.6 Å². The summed E-state index contributed by atoms with van der Waals surface area (Å²) in [5, 5.41) is -0.143. The Bertz CT molecular complexity index is 2000. The van der Waals surface area contributed by atoms with Crippen LogP contribution in [0.15, 0.2) is 53.3 Å². The highest BCUT2D eigenvalue weighted by Crippen LogP contribution is 2.41. The normalized spacial score (nSPS) is 17.5. The number of carbonyl (C=O) groups is 1. The largest absolute Gasteiger partial charge is 0.396 e. The molecule has 2 fully saturated rings. The fourth-order valence-electron chi connectivity index (χ4n) is 5.83. The minimum absolute atomic E-state index is 0.00965. The molecule has 15 heteroatoms. The monoisotopic (exact) mass is 619 g/mol. The van der Waals surface area contributed by atoms with Gasteiger partial charge in [-0.05, 0) is 49.5 Å². The second kappa shape index (κ2) is 11.0. The van der Waals surface area contributed by atoms with Crippen molar-refractivity contribution in [2.24, 2.45) is 0 Å². The van der Waals surface area contributed by atoms with E-state index in [-0.39, 0.29) is 62.5 Å². The molecular weight excluding hydrogens is 589 g/mol. The molecule has 1 aliphatic carbocycles. The van der Waals surface area contributed by atoms with Crippen molar-refractivity contribution in [3.63, 3.8) is 0 Å². The Morgan fingerprint density at radius 3 is 2.59 bits per heavy atom. The lowest BCUT2D eigenvalue weighted by Gasteiger charge is -2.40. The number of amides is 1. The number of hydrogen-bond donors (Lipinski definition) is 1. The molecule has 4 aromatic heterocycles. The summed E-state index contributed by atoms with van der Waals surface area (Å²) in [5.41, 5.74) is 5.71. The van der Waals surface area contributed by atoms with Crippen LogP contribution >= 0.6 is 0 Å². The van der Waals surface area contributed by atoms with E-state index < -0.39 is 21.3 Å². The van der Waals surface area contributed by atoms with Gasteiger partial charge in [-0.2, -0.15) is 4.98 Å².